The minimum Gasteiger partial charge on any atom is -0.362 e. The Labute approximate surface area is 135 Å². The van der Waals surface area contributed by atoms with Gasteiger partial charge < -0.3 is 4.90 Å². The van der Waals surface area contributed by atoms with Crippen molar-refractivity contribution in [2.75, 3.05) is 4.90 Å². The fourth-order valence-electron chi connectivity index (χ4n) is 3.91. The van der Waals surface area contributed by atoms with Gasteiger partial charge in [0.25, 0.3) is 0 Å². The molecule has 0 aromatic heterocycles. The molecule has 1 nitrogen and oxygen atoms in total. The van der Waals surface area contributed by atoms with Crippen LogP contribution in [0.3, 0.4) is 0 Å². The Morgan fingerprint density at radius 1 is 1.05 bits per heavy atom. The van der Waals surface area contributed by atoms with E-state index in [-0.39, 0.29) is 5.54 Å². The second-order valence-electron chi connectivity index (χ2n) is 7.43. The highest BCUT2D eigenvalue weighted by Crippen LogP contribution is 2.46. The van der Waals surface area contributed by atoms with Gasteiger partial charge in [-0.15, -0.1) is 0 Å². The van der Waals surface area contributed by atoms with Crippen molar-refractivity contribution < 1.29 is 0 Å². The molecule has 116 valence electrons. The molecular formula is C21H27N. The maximum Gasteiger partial charge on any atom is 0.0441 e. The Balaban J connectivity index is 2.11. The summed E-state index contributed by atoms with van der Waals surface area (Å²) in [6, 6.07) is 15.5. The molecule has 1 heteroatoms. The van der Waals surface area contributed by atoms with Crippen LogP contribution >= 0.6 is 0 Å². The van der Waals surface area contributed by atoms with Crippen molar-refractivity contribution in [1.82, 2.24) is 0 Å². The number of fused-ring (bicyclic) bond motifs is 1. The van der Waals surface area contributed by atoms with Gasteiger partial charge in [0.15, 0.2) is 0 Å². The monoisotopic (exact) mass is 293 g/mol. The first-order chi connectivity index (χ1) is 10.4. The SMILES string of the molecule is Cc1ccc2c(c1C)N(Cc1ccccc1)C(C)(C)CC2C. The van der Waals surface area contributed by atoms with Crippen LogP contribution in [0.4, 0.5) is 5.69 Å². The van der Waals surface area contributed by atoms with E-state index in [4.69, 9.17) is 0 Å². The number of benzene rings is 2. The summed E-state index contributed by atoms with van der Waals surface area (Å²) in [6.45, 7) is 12.6. The lowest BCUT2D eigenvalue weighted by molar-refractivity contribution is 0.373. The van der Waals surface area contributed by atoms with Crippen molar-refractivity contribution in [2.45, 2.75) is 59.0 Å². The van der Waals surface area contributed by atoms with Crippen molar-refractivity contribution >= 4 is 5.69 Å². The third-order valence-electron chi connectivity index (χ3n) is 5.25. The van der Waals surface area contributed by atoms with Crippen LogP contribution in [0.2, 0.25) is 0 Å². The molecule has 3 rings (SSSR count). The molecule has 1 unspecified atom stereocenters. The fourth-order valence-corrected chi connectivity index (χ4v) is 3.91. The van der Waals surface area contributed by atoms with Crippen molar-refractivity contribution in [2.24, 2.45) is 0 Å². The number of rotatable bonds is 2. The average Bonchev–Trinajstić information content (AvgIpc) is 2.47. The van der Waals surface area contributed by atoms with E-state index in [0.29, 0.717) is 5.92 Å². The smallest absolute Gasteiger partial charge is 0.0441 e. The molecule has 0 spiro atoms. The van der Waals surface area contributed by atoms with Crippen LogP contribution in [0, 0.1) is 13.8 Å². The summed E-state index contributed by atoms with van der Waals surface area (Å²) >= 11 is 0. The molecule has 0 amide bonds. The van der Waals surface area contributed by atoms with Crippen LogP contribution in [0.1, 0.15) is 55.4 Å². The Morgan fingerprint density at radius 3 is 2.41 bits per heavy atom. The zero-order valence-electron chi connectivity index (χ0n) is 14.5. The summed E-state index contributed by atoms with van der Waals surface area (Å²) in [7, 11) is 0. The fraction of sp³-hybridized carbons (Fsp3) is 0.429. The summed E-state index contributed by atoms with van der Waals surface area (Å²) in [6.07, 6.45) is 1.20. The van der Waals surface area contributed by atoms with Crippen LogP contribution in [-0.4, -0.2) is 5.54 Å². The normalized spacial score (nSPS) is 19.9. The van der Waals surface area contributed by atoms with Crippen LogP contribution in [-0.2, 0) is 6.54 Å². The van der Waals surface area contributed by atoms with E-state index in [1.165, 1.54) is 34.4 Å². The summed E-state index contributed by atoms with van der Waals surface area (Å²) in [5.74, 6) is 0.622. The Bertz CT molecular complexity index is 670. The van der Waals surface area contributed by atoms with Crippen LogP contribution in [0.15, 0.2) is 42.5 Å². The Hall–Kier alpha value is -1.76. The Kier molecular flexibility index (Phi) is 3.76. The third kappa shape index (κ3) is 2.54. The van der Waals surface area contributed by atoms with Crippen molar-refractivity contribution in [1.29, 1.82) is 0 Å². The molecular weight excluding hydrogens is 266 g/mol. The Morgan fingerprint density at radius 2 is 1.73 bits per heavy atom. The van der Waals surface area contributed by atoms with Crippen molar-refractivity contribution in [3.05, 3.63) is 64.7 Å². The molecule has 22 heavy (non-hydrogen) atoms. The molecule has 1 atom stereocenters. The minimum absolute atomic E-state index is 0.181. The summed E-state index contributed by atoms with van der Waals surface area (Å²) in [5.41, 5.74) is 7.37. The van der Waals surface area contributed by atoms with Crippen LogP contribution in [0.25, 0.3) is 0 Å². The quantitative estimate of drug-likeness (QED) is 0.697. The van der Waals surface area contributed by atoms with Crippen molar-refractivity contribution in [3.8, 4) is 0 Å². The largest absolute Gasteiger partial charge is 0.362 e. The van der Waals surface area contributed by atoms with E-state index in [9.17, 15) is 0 Å². The van der Waals surface area contributed by atoms with E-state index in [0.717, 1.165) is 6.54 Å². The molecule has 1 aliphatic rings. The third-order valence-corrected chi connectivity index (χ3v) is 5.25. The van der Waals surface area contributed by atoms with Gasteiger partial charge in [-0.2, -0.15) is 0 Å². The van der Waals surface area contributed by atoms with Gasteiger partial charge >= 0.3 is 0 Å². The van der Waals surface area contributed by atoms with Crippen LogP contribution in [0.5, 0.6) is 0 Å². The summed E-state index contributed by atoms with van der Waals surface area (Å²) in [5, 5.41) is 0. The van der Waals surface area contributed by atoms with Gasteiger partial charge in [-0.05, 0) is 62.3 Å². The zero-order valence-corrected chi connectivity index (χ0v) is 14.5. The van der Waals surface area contributed by atoms with Crippen molar-refractivity contribution in [3.63, 3.8) is 0 Å². The first-order valence-electron chi connectivity index (χ1n) is 8.32. The molecule has 0 bridgehead atoms. The highest BCUT2D eigenvalue weighted by Gasteiger charge is 2.37. The van der Waals surface area contributed by atoms with E-state index >= 15 is 0 Å². The van der Waals surface area contributed by atoms with Gasteiger partial charge in [0.2, 0.25) is 0 Å². The molecule has 1 heterocycles. The van der Waals surface area contributed by atoms with Gasteiger partial charge in [0.05, 0.1) is 0 Å². The molecule has 0 saturated heterocycles. The minimum atomic E-state index is 0.181. The topological polar surface area (TPSA) is 3.24 Å². The molecule has 1 aliphatic heterocycles. The molecule has 0 fully saturated rings. The summed E-state index contributed by atoms with van der Waals surface area (Å²) < 4.78 is 0. The molecule has 0 radical (unpaired) electrons. The lowest BCUT2D eigenvalue weighted by atomic mass is 9.78. The summed E-state index contributed by atoms with van der Waals surface area (Å²) in [4.78, 5) is 2.62. The maximum absolute atomic E-state index is 2.62. The molecule has 2 aromatic rings. The van der Waals surface area contributed by atoms with E-state index in [1.54, 1.807) is 0 Å². The molecule has 0 saturated carbocycles. The zero-order chi connectivity index (χ0) is 15.9. The maximum atomic E-state index is 2.62. The standard InChI is InChI=1S/C21H27N/c1-15-11-12-19-16(2)13-21(4,5)22(20(19)17(15)3)14-18-9-7-6-8-10-18/h6-12,16H,13-14H2,1-5H3. The highest BCUT2D eigenvalue weighted by molar-refractivity contribution is 5.66. The molecule has 0 N–H and O–H groups in total. The van der Waals surface area contributed by atoms with Gasteiger partial charge in [0, 0.05) is 17.8 Å². The number of hydrogen-bond donors (Lipinski definition) is 0. The first kappa shape index (κ1) is 15.1. The number of nitrogens with zero attached hydrogens (tertiary/aromatic N) is 1. The number of hydrogen-bond acceptors (Lipinski definition) is 1. The second-order valence-corrected chi connectivity index (χ2v) is 7.43. The van der Waals surface area contributed by atoms with E-state index in [2.05, 4.69) is 82.0 Å². The van der Waals surface area contributed by atoms with Gasteiger partial charge in [-0.3, -0.25) is 0 Å². The molecule has 0 aliphatic carbocycles. The molecule has 2 aromatic carbocycles. The van der Waals surface area contributed by atoms with Gasteiger partial charge in [-0.1, -0.05) is 49.4 Å². The van der Waals surface area contributed by atoms with Crippen LogP contribution < -0.4 is 4.90 Å². The lowest BCUT2D eigenvalue weighted by Crippen LogP contribution is -2.48. The van der Waals surface area contributed by atoms with E-state index in [1.807, 2.05) is 0 Å². The predicted octanol–water partition coefficient (Wildman–Crippen LogP) is 5.60. The predicted molar refractivity (Wildman–Crippen MR) is 95.7 cm³/mol. The lowest BCUT2D eigenvalue weighted by Gasteiger charge is -2.48. The van der Waals surface area contributed by atoms with Gasteiger partial charge in [0.1, 0.15) is 0 Å². The second kappa shape index (κ2) is 5.46. The first-order valence-corrected chi connectivity index (χ1v) is 8.32. The number of aryl methyl sites for hydroxylation is 1. The number of anilines is 1. The average molecular weight is 293 g/mol. The van der Waals surface area contributed by atoms with E-state index < -0.39 is 0 Å². The highest BCUT2D eigenvalue weighted by atomic mass is 15.2. The van der Waals surface area contributed by atoms with Gasteiger partial charge in [-0.25, -0.2) is 0 Å².